The molecule has 0 bridgehead atoms. The summed E-state index contributed by atoms with van der Waals surface area (Å²) >= 11 is 2.95. The molecule has 104 valence electrons. The molecular weight excluding hydrogens is 342 g/mol. The zero-order valence-corrected chi connectivity index (χ0v) is 11.9. The number of aromatic hydroxyl groups is 1. The van der Waals surface area contributed by atoms with Crippen LogP contribution < -0.4 is 0 Å². The monoisotopic (exact) mass is 347 g/mol. The predicted octanol–water partition coefficient (Wildman–Crippen LogP) is 2.84. The van der Waals surface area contributed by atoms with Crippen molar-refractivity contribution in [2.75, 3.05) is 0 Å². The number of carbonyl (C=O) groups excluding carboxylic acids is 2. The Hall–Kier alpha value is -2.54. The van der Waals surface area contributed by atoms with E-state index >= 15 is 0 Å². The summed E-state index contributed by atoms with van der Waals surface area (Å²) in [6.45, 7) is 0. The van der Waals surface area contributed by atoms with Crippen LogP contribution in [0.1, 0.15) is 31.8 Å². The van der Waals surface area contributed by atoms with Crippen molar-refractivity contribution in [1.82, 2.24) is 0 Å². The zero-order chi connectivity index (χ0) is 15.3. The molecule has 1 aliphatic rings. The van der Waals surface area contributed by atoms with Gasteiger partial charge in [0, 0.05) is 17.2 Å². The van der Waals surface area contributed by atoms with Crippen LogP contribution >= 0.6 is 15.9 Å². The largest absolute Gasteiger partial charge is 0.507 e. The Kier molecular flexibility index (Phi) is 2.87. The van der Waals surface area contributed by atoms with Gasteiger partial charge in [-0.25, -0.2) is 0 Å². The Bertz CT molecular complexity index is 843. The third-order valence-electron chi connectivity index (χ3n) is 3.29. The topological polar surface area (TPSA) is 97.5 Å². The first-order valence-corrected chi connectivity index (χ1v) is 6.61. The van der Waals surface area contributed by atoms with E-state index in [2.05, 4.69) is 15.9 Å². The quantitative estimate of drug-likeness (QED) is 0.539. The normalized spacial score (nSPS) is 12.8. The van der Waals surface area contributed by atoms with Crippen LogP contribution in [0.15, 0.2) is 34.8 Å². The fourth-order valence-corrected chi connectivity index (χ4v) is 2.96. The van der Waals surface area contributed by atoms with Gasteiger partial charge < -0.3 is 5.11 Å². The predicted molar refractivity (Wildman–Crippen MR) is 75.8 cm³/mol. The lowest BCUT2D eigenvalue weighted by Gasteiger charge is -2.18. The maximum absolute atomic E-state index is 12.5. The molecule has 0 aromatic heterocycles. The lowest BCUT2D eigenvalue weighted by molar-refractivity contribution is -0.386. The van der Waals surface area contributed by atoms with Gasteiger partial charge in [0.05, 0.1) is 15.0 Å². The summed E-state index contributed by atoms with van der Waals surface area (Å²) in [5.74, 6) is -1.72. The zero-order valence-electron chi connectivity index (χ0n) is 10.3. The number of carbonyl (C=O) groups is 2. The van der Waals surface area contributed by atoms with Crippen LogP contribution in [0.5, 0.6) is 5.75 Å². The Morgan fingerprint density at radius 1 is 1.05 bits per heavy atom. The number of fused-ring (bicyclic) bond motifs is 2. The molecule has 0 heterocycles. The number of phenolic OH excluding ortho intramolecular Hbond substituents is 1. The molecule has 0 saturated heterocycles. The summed E-state index contributed by atoms with van der Waals surface area (Å²) in [6.07, 6.45) is 0. The van der Waals surface area contributed by atoms with Crippen LogP contribution in [0.4, 0.5) is 5.69 Å². The number of hydrogen-bond donors (Lipinski definition) is 1. The number of halogens is 1. The molecule has 2 aromatic rings. The molecule has 0 unspecified atom stereocenters. The van der Waals surface area contributed by atoms with Crippen molar-refractivity contribution in [1.29, 1.82) is 0 Å². The molecule has 0 radical (unpaired) electrons. The fourth-order valence-electron chi connectivity index (χ4n) is 2.40. The SMILES string of the molecule is O=C1c2ccccc2C(=O)c2c1c(O)cc(Br)c2[N+](=O)[O-]. The van der Waals surface area contributed by atoms with E-state index in [0.717, 1.165) is 6.07 Å². The number of rotatable bonds is 1. The Balaban J connectivity index is 2.45. The van der Waals surface area contributed by atoms with Crippen molar-refractivity contribution in [3.8, 4) is 5.75 Å². The van der Waals surface area contributed by atoms with Gasteiger partial charge in [-0.15, -0.1) is 0 Å². The number of nitrogens with zero attached hydrogens (tertiary/aromatic N) is 1. The lowest BCUT2D eigenvalue weighted by atomic mass is 9.83. The number of benzene rings is 2. The Morgan fingerprint density at radius 3 is 2.10 bits per heavy atom. The molecule has 0 atom stereocenters. The second-order valence-corrected chi connectivity index (χ2v) is 5.29. The van der Waals surface area contributed by atoms with E-state index in [1.165, 1.54) is 12.1 Å². The van der Waals surface area contributed by atoms with Gasteiger partial charge in [0.15, 0.2) is 5.78 Å². The van der Waals surface area contributed by atoms with Crippen molar-refractivity contribution in [2.45, 2.75) is 0 Å². The summed E-state index contributed by atoms with van der Waals surface area (Å²) < 4.78 is -0.0516. The highest BCUT2D eigenvalue weighted by molar-refractivity contribution is 9.10. The second-order valence-electron chi connectivity index (χ2n) is 4.44. The van der Waals surface area contributed by atoms with E-state index in [0.29, 0.717) is 0 Å². The highest BCUT2D eigenvalue weighted by atomic mass is 79.9. The van der Waals surface area contributed by atoms with E-state index in [1.54, 1.807) is 12.1 Å². The summed E-state index contributed by atoms with van der Waals surface area (Å²) in [4.78, 5) is 35.4. The minimum absolute atomic E-state index is 0.0516. The van der Waals surface area contributed by atoms with Crippen molar-refractivity contribution >= 4 is 33.2 Å². The standard InChI is InChI=1S/C14H6BrNO5/c15-8-5-9(17)10-11(12(8)16(20)21)14(19)7-4-2-1-3-6(7)13(10)18/h1-5,17H. The van der Waals surface area contributed by atoms with Crippen LogP contribution in [-0.4, -0.2) is 21.6 Å². The first kappa shape index (κ1) is 13.4. The van der Waals surface area contributed by atoms with Gasteiger partial charge in [-0.05, 0) is 15.9 Å². The molecule has 0 saturated carbocycles. The van der Waals surface area contributed by atoms with Gasteiger partial charge in [-0.2, -0.15) is 0 Å². The molecule has 1 aliphatic carbocycles. The molecule has 0 aliphatic heterocycles. The maximum atomic E-state index is 12.5. The molecule has 0 fully saturated rings. The molecule has 3 rings (SSSR count). The van der Waals surface area contributed by atoms with Crippen molar-refractivity contribution < 1.29 is 19.6 Å². The minimum atomic E-state index is -0.749. The molecular formula is C14H6BrNO5. The minimum Gasteiger partial charge on any atom is -0.507 e. The van der Waals surface area contributed by atoms with E-state index < -0.39 is 27.9 Å². The molecule has 7 heteroatoms. The third kappa shape index (κ3) is 1.78. The molecule has 0 spiro atoms. The van der Waals surface area contributed by atoms with Gasteiger partial charge in [0.25, 0.3) is 5.69 Å². The van der Waals surface area contributed by atoms with Crippen LogP contribution in [0.2, 0.25) is 0 Å². The fraction of sp³-hybridized carbons (Fsp3) is 0. The number of phenols is 1. The number of nitro benzene ring substituents is 1. The second kappa shape index (κ2) is 4.49. The van der Waals surface area contributed by atoms with Crippen molar-refractivity contribution in [3.05, 3.63) is 67.2 Å². The average Bonchev–Trinajstić information content (AvgIpc) is 2.43. The molecule has 6 nitrogen and oxygen atoms in total. The maximum Gasteiger partial charge on any atom is 0.295 e. The highest BCUT2D eigenvalue weighted by Gasteiger charge is 2.39. The van der Waals surface area contributed by atoms with Crippen LogP contribution in [-0.2, 0) is 0 Å². The third-order valence-corrected chi connectivity index (χ3v) is 3.89. The van der Waals surface area contributed by atoms with Crippen LogP contribution in [0.3, 0.4) is 0 Å². The van der Waals surface area contributed by atoms with Gasteiger partial charge in [0.2, 0.25) is 5.78 Å². The molecule has 2 aromatic carbocycles. The Labute approximate surface area is 126 Å². The van der Waals surface area contributed by atoms with E-state index in [1.807, 2.05) is 0 Å². The summed E-state index contributed by atoms with van der Waals surface area (Å²) in [5.41, 5.74) is -1.00. The summed E-state index contributed by atoms with van der Waals surface area (Å²) in [6, 6.07) is 7.08. The van der Waals surface area contributed by atoms with Crippen LogP contribution in [0.25, 0.3) is 0 Å². The van der Waals surface area contributed by atoms with Gasteiger partial charge in [0.1, 0.15) is 11.3 Å². The lowest BCUT2D eigenvalue weighted by Crippen LogP contribution is -2.22. The molecule has 21 heavy (non-hydrogen) atoms. The van der Waals surface area contributed by atoms with Gasteiger partial charge in [-0.1, -0.05) is 24.3 Å². The van der Waals surface area contributed by atoms with Crippen LogP contribution in [0, 0.1) is 10.1 Å². The Morgan fingerprint density at radius 2 is 1.57 bits per heavy atom. The highest BCUT2D eigenvalue weighted by Crippen LogP contribution is 2.42. The van der Waals surface area contributed by atoms with Gasteiger partial charge >= 0.3 is 0 Å². The smallest absolute Gasteiger partial charge is 0.295 e. The summed E-state index contributed by atoms with van der Waals surface area (Å²) in [7, 11) is 0. The molecule has 1 N–H and O–H groups in total. The summed E-state index contributed by atoms with van der Waals surface area (Å²) in [5, 5.41) is 21.1. The van der Waals surface area contributed by atoms with E-state index in [4.69, 9.17) is 0 Å². The number of nitro groups is 1. The average molecular weight is 348 g/mol. The van der Waals surface area contributed by atoms with Gasteiger partial charge in [-0.3, -0.25) is 19.7 Å². The number of hydrogen-bond acceptors (Lipinski definition) is 5. The first-order chi connectivity index (χ1) is 9.93. The van der Waals surface area contributed by atoms with E-state index in [-0.39, 0.29) is 26.7 Å². The van der Waals surface area contributed by atoms with Crippen molar-refractivity contribution in [2.24, 2.45) is 0 Å². The number of ketones is 2. The molecule has 0 amide bonds. The van der Waals surface area contributed by atoms with Crippen molar-refractivity contribution in [3.63, 3.8) is 0 Å². The van der Waals surface area contributed by atoms with E-state index in [9.17, 15) is 24.8 Å². The first-order valence-electron chi connectivity index (χ1n) is 5.81.